The Bertz CT molecular complexity index is 1560. The van der Waals surface area contributed by atoms with E-state index in [1.807, 2.05) is 25.2 Å². The lowest BCUT2D eigenvalue weighted by Gasteiger charge is -2.31. The number of hydrogen-bond acceptors (Lipinski definition) is 3. The van der Waals surface area contributed by atoms with E-state index in [1.54, 1.807) is 0 Å². The molecule has 0 bridgehead atoms. The summed E-state index contributed by atoms with van der Waals surface area (Å²) in [6.45, 7) is 0.466. The predicted molar refractivity (Wildman–Crippen MR) is 143 cm³/mol. The number of fused-ring (bicyclic) bond motifs is 3. The molecular weight excluding hydrogens is 541 g/mol. The van der Waals surface area contributed by atoms with Gasteiger partial charge in [-0.1, -0.05) is 22.0 Å². The SMILES string of the molecule is Cn1c(-c2cc3ccc(Br)cc3n2CC2CC2)nc2cc3c(cc21)CCN(CC(CF)NC(=O)O)C3=O. The lowest BCUT2D eigenvalue weighted by Crippen LogP contribution is -2.48. The molecule has 192 valence electrons. The highest BCUT2D eigenvalue weighted by Crippen LogP contribution is 2.37. The molecule has 2 N–H and O–H groups in total. The van der Waals surface area contributed by atoms with Crippen LogP contribution in [0, 0.1) is 5.92 Å². The van der Waals surface area contributed by atoms with Gasteiger partial charge in [-0.05, 0) is 61.1 Å². The highest BCUT2D eigenvalue weighted by atomic mass is 79.9. The molecule has 0 radical (unpaired) electrons. The average molecular weight is 568 g/mol. The van der Waals surface area contributed by atoms with Crippen molar-refractivity contribution in [1.82, 2.24) is 24.3 Å². The summed E-state index contributed by atoms with van der Waals surface area (Å²) in [7, 11) is 2.01. The van der Waals surface area contributed by atoms with Gasteiger partial charge >= 0.3 is 6.09 Å². The second-order valence-electron chi connectivity index (χ2n) is 10.1. The van der Waals surface area contributed by atoms with Crippen molar-refractivity contribution in [2.24, 2.45) is 13.0 Å². The minimum atomic E-state index is -1.30. The van der Waals surface area contributed by atoms with Gasteiger partial charge in [-0.25, -0.2) is 14.2 Å². The van der Waals surface area contributed by atoms with Crippen molar-refractivity contribution in [3.8, 4) is 11.5 Å². The first-order chi connectivity index (χ1) is 17.8. The number of carbonyl (C=O) groups is 2. The minimum absolute atomic E-state index is 0.0105. The maximum absolute atomic E-state index is 13.3. The molecular formula is C27H27BrFN5O3. The fourth-order valence-electron chi connectivity index (χ4n) is 5.36. The quantitative estimate of drug-likeness (QED) is 0.329. The van der Waals surface area contributed by atoms with E-state index >= 15 is 0 Å². The van der Waals surface area contributed by atoms with Crippen LogP contribution in [0.15, 0.2) is 40.9 Å². The molecule has 4 aromatic rings. The molecule has 8 nitrogen and oxygen atoms in total. The number of carboxylic acid groups (broad SMARTS) is 1. The van der Waals surface area contributed by atoms with Crippen molar-refractivity contribution in [2.75, 3.05) is 19.8 Å². The summed E-state index contributed by atoms with van der Waals surface area (Å²) in [6.07, 6.45) is 1.79. The van der Waals surface area contributed by atoms with E-state index in [2.05, 4.69) is 48.6 Å². The van der Waals surface area contributed by atoms with Crippen LogP contribution in [0.4, 0.5) is 9.18 Å². The van der Waals surface area contributed by atoms with Crippen LogP contribution in [-0.4, -0.2) is 61.9 Å². The third kappa shape index (κ3) is 4.37. The minimum Gasteiger partial charge on any atom is -0.465 e. The molecule has 2 aromatic heterocycles. The molecule has 2 aromatic carbocycles. The smallest absolute Gasteiger partial charge is 0.405 e. The fourth-order valence-corrected chi connectivity index (χ4v) is 5.71. The first kappa shape index (κ1) is 24.0. The lowest BCUT2D eigenvalue weighted by molar-refractivity contribution is 0.0714. The van der Waals surface area contributed by atoms with E-state index in [9.17, 15) is 14.0 Å². The van der Waals surface area contributed by atoms with E-state index in [0.717, 1.165) is 44.5 Å². The highest BCUT2D eigenvalue weighted by Gasteiger charge is 2.29. The largest absolute Gasteiger partial charge is 0.465 e. The summed E-state index contributed by atoms with van der Waals surface area (Å²) in [6, 6.07) is 11.4. The number of halogens is 2. The molecule has 6 rings (SSSR count). The Labute approximate surface area is 221 Å². The lowest BCUT2D eigenvalue weighted by atomic mass is 9.97. The molecule has 10 heteroatoms. The Balaban J connectivity index is 1.39. The molecule has 1 atom stereocenters. The van der Waals surface area contributed by atoms with Crippen molar-refractivity contribution in [3.05, 3.63) is 52.0 Å². The number of aromatic nitrogens is 3. The van der Waals surface area contributed by atoms with Crippen LogP contribution < -0.4 is 5.32 Å². The van der Waals surface area contributed by atoms with Gasteiger partial charge in [0.25, 0.3) is 5.91 Å². The summed E-state index contributed by atoms with van der Waals surface area (Å²) in [5.41, 5.74) is 5.36. The number of imidazole rings is 1. The van der Waals surface area contributed by atoms with E-state index in [1.165, 1.54) is 23.3 Å². The first-order valence-corrected chi connectivity index (χ1v) is 13.2. The Hall–Kier alpha value is -3.40. The standard InChI is InChI=1S/C27H27BrFN5O3/c1-32-23-8-16-6-7-33(14-19(12-29)30-27(36)37)26(35)20(16)11-21(23)31-25(32)24-9-17-4-5-18(28)10-22(17)34(24)13-15-2-3-15/h4-5,8-11,15,19,30H,2-3,6-7,12-14H2,1H3,(H,36,37). The maximum Gasteiger partial charge on any atom is 0.405 e. The molecule has 1 aliphatic heterocycles. The first-order valence-electron chi connectivity index (χ1n) is 12.5. The maximum atomic E-state index is 13.3. The number of nitrogens with one attached hydrogen (secondary N) is 1. The van der Waals surface area contributed by atoms with E-state index in [-0.39, 0.29) is 12.5 Å². The molecule has 1 saturated carbocycles. The Kier molecular flexibility index (Phi) is 5.94. The van der Waals surface area contributed by atoms with Crippen LogP contribution in [0.2, 0.25) is 0 Å². The van der Waals surface area contributed by atoms with Crippen LogP contribution in [0.25, 0.3) is 33.5 Å². The van der Waals surface area contributed by atoms with Crippen molar-refractivity contribution in [2.45, 2.75) is 31.8 Å². The van der Waals surface area contributed by atoms with Gasteiger partial charge in [-0.3, -0.25) is 4.79 Å². The van der Waals surface area contributed by atoms with Gasteiger partial charge in [0.05, 0.1) is 22.8 Å². The number of nitrogens with zero attached hydrogens (tertiary/aromatic N) is 4. The van der Waals surface area contributed by atoms with Gasteiger partial charge in [-0.15, -0.1) is 0 Å². The molecule has 0 saturated heterocycles. The van der Waals surface area contributed by atoms with Crippen molar-refractivity contribution in [1.29, 1.82) is 0 Å². The second-order valence-corrected chi connectivity index (χ2v) is 11.0. The third-order valence-corrected chi connectivity index (χ3v) is 7.96. The van der Waals surface area contributed by atoms with Crippen molar-refractivity contribution >= 4 is 49.9 Å². The summed E-state index contributed by atoms with van der Waals surface area (Å²) >= 11 is 3.61. The van der Waals surface area contributed by atoms with Gasteiger partial charge in [0.2, 0.25) is 0 Å². The van der Waals surface area contributed by atoms with E-state index in [4.69, 9.17) is 10.1 Å². The highest BCUT2D eigenvalue weighted by molar-refractivity contribution is 9.10. The fraction of sp³-hybridized carbons (Fsp3) is 0.370. The average Bonchev–Trinajstić information content (AvgIpc) is 3.55. The van der Waals surface area contributed by atoms with Gasteiger partial charge in [0.1, 0.15) is 6.67 Å². The van der Waals surface area contributed by atoms with E-state index in [0.29, 0.717) is 24.4 Å². The monoisotopic (exact) mass is 567 g/mol. The number of amides is 2. The number of hydrogen-bond donors (Lipinski definition) is 2. The molecule has 1 unspecified atom stereocenters. The molecule has 0 spiro atoms. The predicted octanol–water partition coefficient (Wildman–Crippen LogP) is 4.97. The number of alkyl halides is 1. The Morgan fingerprint density at radius 2 is 2.05 bits per heavy atom. The zero-order chi connectivity index (χ0) is 25.8. The normalized spacial score (nSPS) is 16.4. The third-order valence-electron chi connectivity index (χ3n) is 7.46. The van der Waals surface area contributed by atoms with Crippen LogP contribution in [0.1, 0.15) is 28.8 Å². The molecule has 2 aliphatic rings. The number of carbonyl (C=O) groups excluding carboxylic acids is 1. The molecule has 1 fully saturated rings. The number of benzene rings is 2. The second kappa shape index (κ2) is 9.16. The van der Waals surface area contributed by atoms with Crippen molar-refractivity contribution in [3.63, 3.8) is 0 Å². The summed E-state index contributed by atoms with van der Waals surface area (Å²) in [5.74, 6) is 1.30. The van der Waals surface area contributed by atoms with Crippen LogP contribution in [0.5, 0.6) is 0 Å². The summed E-state index contributed by atoms with van der Waals surface area (Å²) in [5, 5.41) is 12.2. The zero-order valence-electron chi connectivity index (χ0n) is 20.4. The van der Waals surface area contributed by atoms with Gasteiger partial charge in [-0.2, -0.15) is 0 Å². The van der Waals surface area contributed by atoms with Crippen LogP contribution in [0.3, 0.4) is 0 Å². The topological polar surface area (TPSA) is 92.4 Å². The molecule has 3 heterocycles. The number of aryl methyl sites for hydroxylation is 1. The van der Waals surface area contributed by atoms with Gasteiger partial charge in [0.15, 0.2) is 5.82 Å². The van der Waals surface area contributed by atoms with Gasteiger partial charge < -0.3 is 24.5 Å². The number of rotatable bonds is 7. The summed E-state index contributed by atoms with van der Waals surface area (Å²) < 4.78 is 18.8. The Morgan fingerprint density at radius 1 is 1.24 bits per heavy atom. The molecule has 1 aliphatic carbocycles. The van der Waals surface area contributed by atoms with E-state index < -0.39 is 18.8 Å². The molecule has 37 heavy (non-hydrogen) atoms. The summed E-state index contributed by atoms with van der Waals surface area (Å²) in [4.78, 5) is 30.7. The zero-order valence-corrected chi connectivity index (χ0v) is 22.0. The Morgan fingerprint density at radius 3 is 2.78 bits per heavy atom. The molecule has 2 amide bonds. The van der Waals surface area contributed by atoms with Gasteiger partial charge in [0, 0.05) is 47.6 Å². The van der Waals surface area contributed by atoms with Crippen molar-refractivity contribution < 1.29 is 19.1 Å². The van der Waals surface area contributed by atoms with Crippen LogP contribution >= 0.6 is 15.9 Å². The van der Waals surface area contributed by atoms with Crippen LogP contribution in [-0.2, 0) is 20.0 Å².